The summed E-state index contributed by atoms with van der Waals surface area (Å²) in [4.78, 5) is 15.5. The first-order valence-electron chi connectivity index (χ1n) is 18.0. The Morgan fingerprint density at radius 1 is 0.352 bits per heavy atom. The molecule has 11 aromatic rings. The summed E-state index contributed by atoms with van der Waals surface area (Å²) in [6.45, 7) is 0. The molecular formula is C49H29N3S2. The smallest absolute Gasteiger partial charge is 0.160 e. The third-order valence-electron chi connectivity index (χ3n) is 10.3. The summed E-state index contributed by atoms with van der Waals surface area (Å²) in [6.07, 6.45) is 0. The molecule has 252 valence electrons. The lowest BCUT2D eigenvalue weighted by molar-refractivity contribution is 1.19. The lowest BCUT2D eigenvalue weighted by atomic mass is 9.98. The third-order valence-corrected chi connectivity index (χ3v) is 12.7. The van der Waals surface area contributed by atoms with Gasteiger partial charge in [-0.25, -0.2) is 15.0 Å². The van der Waals surface area contributed by atoms with E-state index in [2.05, 4.69) is 158 Å². The number of nitrogens with zero attached hydrogens (tertiary/aromatic N) is 3. The molecule has 0 saturated carbocycles. The molecule has 0 atom stereocenters. The zero-order valence-corrected chi connectivity index (χ0v) is 30.5. The van der Waals surface area contributed by atoms with Gasteiger partial charge in [0.2, 0.25) is 0 Å². The topological polar surface area (TPSA) is 38.7 Å². The van der Waals surface area contributed by atoms with Crippen molar-refractivity contribution in [1.82, 2.24) is 15.0 Å². The Morgan fingerprint density at radius 2 is 0.926 bits per heavy atom. The van der Waals surface area contributed by atoms with E-state index in [1.165, 1.54) is 45.7 Å². The van der Waals surface area contributed by atoms with E-state index in [1.807, 2.05) is 40.9 Å². The van der Waals surface area contributed by atoms with Crippen molar-refractivity contribution in [3.63, 3.8) is 0 Å². The van der Waals surface area contributed by atoms with Gasteiger partial charge in [-0.15, -0.1) is 22.7 Å². The highest BCUT2D eigenvalue weighted by Gasteiger charge is 2.17. The van der Waals surface area contributed by atoms with Gasteiger partial charge in [-0.3, -0.25) is 0 Å². The number of para-hydroxylation sites is 1. The highest BCUT2D eigenvalue weighted by Crippen LogP contribution is 2.43. The standard InChI is InChI=1S/C49H29N3S2/c1-2-11-34(12-3-1)49-51-41(29-42(52-49)38-17-10-16-36-35-13-5-8-19-43(35)53-47(36)38)32-25-21-30(22-26-32)31-23-27-33(28-24-31)46-45-39-15-6-9-20-44(39)54-48(45)37-14-4-7-18-40(37)50-46/h1-29H. The Balaban J connectivity index is 0.980. The van der Waals surface area contributed by atoms with E-state index >= 15 is 0 Å². The molecule has 0 radical (unpaired) electrons. The summed E-state index contributed by atoms with van der Waals surface area (Å²) >= 11 is 3.67. The highest BCUT2D eigenvalue weighted by molar-refractivity contribution is 7.27. The van der Waals surface area contributed by atoms with Gasteiger partial charge in [-0.05, 0) is 35.4 Å². The average Bonchev–Trinajstić information content (AvgIpc) is 3.83. The van der Waals surface area contributed by atoms with E-state index in [0.717, 1.165) is 61.8 Å². The van der Waals surface area contributed by atoms with Crippen LogP contribution in [0.2, 0.25) is 0 Å². The fourth-order valence-corrected chi connectivity index (χ4v) is 10.1. The quantitative estimate of drug-likeness (QED) is 0.177. The van der Waals surface area contributed by atoms with E-state index in [9.17, 15) is 0 Å². The van der Waals surface area contributed by atoms with Crippen LogP contribution < -0.4 is 0 Å². The molecule has 0 aliphatic rings. The maximum absolute atomic E-state index is 5.22. The number of hydrogen-bond donors (Lipinski definition) is 0. The van der Waals surface area contributed by atoms with E-state index < -0.39 is 0 Å². The van der Waals surface area contributed by atoms with Crippen LogP contribution in [0.4, 0.5) is 0 Å². The van der Waals surface area contributed by atoms with Gasteiger partial charge in [0, 0.05) is 68.0 Å². The minimum Gasteiger partial charge on any atom is -0.247 e. The fraction of sp³-hybridized carbons (Fsp3) is 0. The number of aromatic nitrogens is 3. The van der Waals surface area contributed by atoms with Crippen LogP contribution in [0.15, 0.2) is 176 Å². The number of rotatable bonds is 5. The van der Waals surface area contributed by atoms with Crippen LogP contribution in [-0.4, -0.2) is 15.0 Å². The molecule has 0 spiro atoms. The van der Waals surface area contributed by atoms with E-state index in [1.54, 1.807) is 0 Å². The second kappa shape index (κ2) is 12.6. The van der Waals surface area contributed by atoms with E-state index in [4.69, 9.17) is 15.0 Å². The molecule has 4 heterocycles. The molecule has 0 saturated heterocycles. The van der Waals surface area contributed by atoms with Crippen molar-refractivity contribution < 1.29 is 0 Å². The molecule has 54 heavy (non-hydrogen) atoms. The van der Waals surface area contributed by atoms with Gasteiger partial charge < -0.3 is 0 Å². The first kappa shape index (κ1) is 31.0. The predicted molar refractivity (Wildman–Crippen MR) is 230 cm³/mol. The number of hydrogen-bond acceptors (Lipinski definition) is 5. The van der Waals surface area contributed by atoms with Gasteiger partial charge in [-0.1, -0.05) is 152 Å². The van der Waals surface area contributed by atoms with Crippen LogP contribution in [0.1, 0.15) is 0 Å². The largest absolute Gasteiger partial charge is 0.247 e. The van der Waals surface area contributed by atoms with Gasteiger partial charge in [0.25, 0.3) is 0 Å². The third kappa shape index (κ3) is 5.12. The molecule has 0 aliphatic heterocycles. The van der Waals surface area contributed by atoms with Crippen molar-refractivity contribution in [3.05, 3.63) is 176 Å². The first-order chi connectivity index (χ1) is 26.7. The lowest BCUT2D eigenvalue weighted by Gasteiger charge is -2.11. The van der Waals surface area contributed by atoms with Crippen molar-refractivity contribution in [1.29, 1.82) is 0 Å². The molecule has 0 bridgehead atoms. The number of thiophene rings is 2. The number of pyridine rings is 1. The Kier molecular flexibility index (Phi) is 7.22. The van der Waals surface area contributed by atoms with E-state index in [-0.39, 0.29) is 0 Å². The summed E-state index contributed by atoms with van der Waals surface area (Å²) in [5, 5.41) is 6.23. The summed E-state index contributed by atoms with van der Waals surface area (Å²) < 4.78 is 5.10. The SMILES string of the molecule is c1ccc(-c2nc(-c3ccc(-c4ccc(-c5nc6ccccc6c6sc7ccccc7c56)cc4)cc3)cc(-c3cccc4c3sc3ccccc34)n2)cc1. The fourth-order valence-electron chi connectivity index (χ4n) is 7.67. The van der Waals surface area contributed by atoms with Crippen molar-refractivity contribution in [2.45, 2.75) is 0 Å². The molecule has 4 aromatic heterocycles. The van der Waals surface area contributed by atoms with Crippen molar-refractivity contribution in [2.24, 2.45) is 0 Å². The zero-order chi connectivity index (χ0) is 35.6. The van der Waals surface area contributed by atoms with Crippen LogP contribution in [0.5, 0.6) is 0 Å². The molecule has 3 nitrogen and oxygen atoms in total. The van der Waals surface area contributed by atoms with Crippen LogP contribution in [-0.2, 0) is 0 Å². The molecule has 11 rings (SSSR count). The normalized spacial score (nSPS) is 11.7. The van der Waals surface area contributed by atoms with Crippen molar-refractivity contribution in [2.75, 3.05) is 0 Å². The molecule has 0 aliphatic carbocycles. The van der Waals surface area contributed by atoms with Crippen LogP contribution >= 0.6 is 22.7 Å². The van der Waals surface area contributed by atoms with Crippen LogP contribution in [0.25, 0.3) is 108 Å². The average molecular weight is 724 g/mol. The Bertz CT molecular complexity index is 3200. The maximum atomic E-state index is 5.22. The molecule has 7 aromatic carbocycles. The lowest BCUT2D eigenvalue weighted by Crippen LogP contribution is -1.96. The maximum Gasteiger partial charge on any atom is 0.160 e. The van der Waals surface area contributed by atoms with Crippen molar-refractivity contribution >= 4 is 73.9 Å². The molecule has 0 fully saturated rings. The molecule has 0 amide bonds. The summed E-state index contributed by atoms with van der Waals surface area (Å²) in [6, 6.07) is 62.3. The first-order valence-corrected chi connectivity index (χ1v) is 19.6. The van der Waals surface area contributed by atoms with Gasteiger partial charge in [0.1, 0.15) is 0 Å². The summed E-state index contributed by atoms with van der Waals surface area (Å²) in [7, 11) is 0. The van der Waals surface area contributed by atoms with Gasteiger partial charge in [-0.2, -0.15) is 0 Å². The number of fused-ring (bicyclic) bond motifs is 8. The van der Waals surface area contributed by atoms with Crippen LogP contribution in [0, 0.1) is 0 Å². The van der Waals surface area contributed by atoms with Gasteiger partial charge in [0.05, 0.1) is 22.6 Å². The summed E-state index contributed by atoms with van der Waals surface area (Å²) in [5.41, 5.74) is 10.5. The second-order valence-corrected chi connectivity index (χ2v) is 15.6. The van der Waals surface area contributed by atoms with Crippen LogP contribution in [0.3, 0.4) is 0 Å². The highest BCUT2D eigenvalue weighted by atomic mass is 32.1. The number of benzene rings is 7. The van der Waals surface area contributed by atoms with Gasteiger partial charge >= 0.3 is 0 Å². The zero-order valence-electron chi connectivity index (χ0n) is 28.9. The molecule has 5 heteroatoms. The molecule has 0 unspecified atom stereocenters. The minimum atomic E-state index is 0.718. The van der Waals surface area contributed by atoms with E-state index in [0.29, 0.717) is 0 Å². The second-order valence-electron chi connectivity index (χ2n) is 13.5. The summed E-state index contributed by atoms with van der Waals surface area (Å²) in [5.74, 6) is 0.718. The van der Waals surface area contributed by atoms with Crippen molar-refractivity contribution in [3.8, 4) is 56.3 Å². The molecule has 0 N–H and O–H groups in total. The Labute approximate surface area is 319 Å². The molecular weight excluding hydrogens is 695 g/mol. The Morgan fingerprint density at radius 3 is 1.70 bits per heavy atom. The Hall–Kier alpha value is -6.53. The predicted octanol–water partition coefficient (Wildman–Crippen LogP) is 14.1. The van der Waals surface area contributed by atoms with Gasteiger partial charge in [0.15, 0.2) is 5.82 Å². The minimum absolute atomic E-state index is 0.718. The monoisotopic (exact) mass is 723 g/mol.